The molecule has 0 amide bonds. The van der Waals surface area contributed by atoms with Crippen LogP contribution in [-0.2, 0) is 30.4 Å². The van der Waals surface area contributed by atoms with Gasteiger partial charge in [-0.1, -0.05) is 0 Å². The van der Waals surface area contributed by atoms with Gasteiger partial charge in [0.05, 0.1) is 5.69 Å². The highest BCUT2D eigenvalue weighted by molar-refractivity contribution is 7.89. The Morgan fingerprint density at radius 3 is 1.32 bits per heavy atom. The predicted molar refractivity (Wildman–Crippen MR) is 60.3 cm³/mol. The van der Waals surface area contributed by atoms with E-state index in [0.29, 0.717) is 0 Å². The lowest BCUT2D eigenvalue weighted by Crippen LogP contribution is -2.12. The lowest BCUT2D eigenvalue weighted by Gasteiger charge is -2.08. The van der Waals surface area contributed by atoms with E-state index in [-0.39, 0.29) is 12.1 Å². The van der Waals surface area contributed by atoms with Gasteiger partial charge in [0.1, 0.15) is 14.7 Å². The highest BCUT2D eigenvalue weighted by Crippen LogP contribution is 2.29. The molecule has 0 fully saturated rings. The smallest absolute Gasteiger partial charge is 0.296 e. The number of anilines is 1. The summed E-state index contributed by atoms with van der Waals surface area (Å²) in [5.41, 5.74) is 4.29. The highest BCUT2D eigenvalue weighted by atomic mass is 32.2. The van der Waals surface area contributed by atoms with Crippen LogP contribution in [0.3, 0.4) is 0 Å². The van der Waals surface area contributed by atoms with E-state index in [1.807, 2.05) is 0 Å². The molecule has 1 aromatic rings. The molecule has 10 nitrogen and oxygen atoms in total. The van der Waals surface area contributed by atoms with Gasteiger partial charge in [-0.05, 0) is 12.1 Å². The Hall–Kier alpha value is -1.25. The Labute approximate surface area is 108 Å². The molecule has 13 heteroatoms. The molecule has 0 aliphatic rings. The fourth-order valence-corrected chi connectivity index (χ4v) is 3.68. The van der Waals surface area contributed by atoms with Gasteiger partial charge in [-0.3, -0.25) is 13.7 Å². The SMILES string of the molecule is Nc1cc(S(=O)(=O)O)c(S(=O)(=O)O)cc1S(=O)(=O)O. The van der Waals surface area contributed by atoms with E-state index in [0.717, 1.165) is 0 Å². The first kappa shape index (κ1) is 15.8. The molecule has 0 aromatic heterocycles. The maximum absolute atomic E-state index is 11.0. The Kier molecular flexibility index (Phi) is 3.66. The lowest BCUT2D eigenvalue weighted by atomic mass is 10.3. The summed E-state index contributed by atoms with van der Waals surface area (Å²) in [5, 5.41) is 0. The topological polar surface area (TPSA) is 189 Å². The van der Waals surface area contributed by atoms with Gasteiger partial charge in [0.15, 0.2) is 0 Å². The van der Waals surface area contributed by atoms with Crippen LogP contribution in [0.5, 0.6) is 0 Å². The molecular formula is C6H7NO9S3. The summed E-state index contributed by atoms with van der Waals surface area (Å²) in [6, 6.07) is 0.393. The summed E-state index contributed by atoms with van der Waals surface area (Å²) in [5.74, 6) is 0. The first-order valence-corrected chi connectivity index (χ1v) is 8.42. The second-order valence-corrected chi connectivity index (χ2v) is 7.43. The second-order valence-electron chi connectivity index (χ2n) is 3.26. The van der Waals surface area contributed by atoms with E-state index in [2.05, 4.69) is 0 Å². The van der Waals surface area contributed by atoms with Gasteiger partial charge in [-0.25, -0.2) is 0 Å². The maximum Gasteiger partial charge on any atom is 0.296 e. The molecular weight excluding hydrogens is 326 g/mol. The lowest BCUT2D eigenvalue weighted by molar-refractivity contribution is 0.465. The quantitative estimate of drug-likeness (QED) is 0.394. The van der Waals surface area contributed by atoms with Gasteiger partial charge < -0.3 is 5.73 Å². The normalized spacial score (nSPS) is 13.4. The molecule has 0 heterocycles. The Balaban J connectivity index is 3.98. The molecule has 5 N–H and O–H groups in total. The summed E-state index contributed by atoms with van der Waals surface area (Å²) in [6.45, 7) is 0. The average Bonchev–Trinajstić information content (AvgIpc) is 2.11. The van der Waals surface area contributed by atoms with E-state index in [1.165, 1.54) is 0 Å². The van der Waals surface area contributed by atoms with Gasteiger partial charge in [0.25, 0.3) is 30.4 Å². The molecule has 0 saturated carbocycles. The van der Waals surface area contributed by atoms with Crippen LogP contribution in [0.2, 0.25) is 0 Å². The van der Waals surface area contributed by atoms with Gasteiger partial charge >= 0.3 is 0 Å². The summed E-state index contributed by atoms with van der Waals surface area (Å²) in [6.07, 6.45) is 0. The zero-order valence-corrected chi connectivity index (χ0v) is 11.2. The van der Waals surface area contributed by atoms with Crippen LogP contribution in [0, 0.1) is 0 Å². The van der Waals surface area contributed by atoms with E-state index in [1.54, 1.807) is 0 Å². The Morgan fingerprint density at radius 2 is 1.00 bits per heavy atom. The van der Waals surface area contributed by atoms with Crippen LogP contribution in [0.15, 0.2) is 26.8 Å². The van der Waals surface area contributed by atoms with Gasteiger partial charge in [0, 0.05) is 0 Å². The van der Waals surface area contributed by atoms with Crippen molar-refractivity contribution in [3.05, 3.63) is 12.1 Å². The average molecular weight is 333 g/mol. The monoisotopic (exact) mass is 333 g/mol. The second kappa shape index (κ2) is 4.39. The summed E-state index contributed by atoms with van der Waals surface area (Å²) in [4.78, 5) is -3.88. The van der Waals surface area contributed by atoms with Crippen molar-refractivity contribution in [2.75, 3.05) is 5.73 Å². The number of nitrogen functional groups attached to an aromatic ring is 1. The van der Waals surface area contributed by atoms with Crippen LogP contribution in [0.4, 0.5) is 5.69 Å². The molecule has 19 heavy (non-hydrogen) atoms. The maximum atomic E-state index is 11.0. The minimum atomic E-state index is -5.19. The van der Waals surface area contributed by atoms with Crippen LogP contribution >= 0.6 is 0 Å². The van der Waals surface area contributed by atoms with Crippen LogP contribution in [-0.4, -0.2) is 38.9 Å². The van der Waals surface area contributed by atoms with Crippen molar-refractivity contribution in [1.82, 2.24) is 0 Å². The summed E-state index contributed by atoms with van der Waals surface area (Å²) < 4.78 is 91.9. The molecule has 1 aromatic carbocycles. The Morgan fingerprint density at radius 1 is 0.684 bits per heavy atom. The first-order valence-electron chi connectivity index (χ1n) is 4.10. The van der Waals surface area contributed by atoms with Crippen LogP contribution in [0.25, 0.3) is 0 Å². The van der Waals surface area contributed by atoms with Crippen molar-refractivity contribution in [1.29, 1.82) is 0 Å². The summed E-state index contributed by atoms with van der Waals surface area (Å²) >= 11 is 0. The van der Waals surface area contributed by atoms with E-state index < -0.39 is 50.7 Å². The number of benzene rings is 1. The largest absolute Gasteiger partial charge is 0.398 e. The Bertz CT molecular complexity index is 834. The van der Waals surface area contributed by atoms with Gasteiger partial charge in [0.2, 0.25) is 0 Å². The van der Waals surface area contributed by atoms with Crippen molar-refractivity contribution in [3.8, 4) is 0 Å². The van der Waals surface area contributed by atoms with Crippen LogP contribution < -0.4 is 5.73 Å². The van der Waals surface area contributed by atoms with Crippen molar-refractivity contribution in [2.45, 2.75) is 14.7 Å². The number of nitrogens with two attached hydrogens (primary N) is 1. The zero-order valence-electron chi connectivity index (χ0n) is 8.75. The fraction of sp³-hybridized carbons (Fsp3) is 0. The number of hydrogen-bond acceptors (Lipinski definition) is 7. The van der Waals surface area contributed by atoms with E-state index in [9.17, 15) is 25.3 Å². The van der Waals surface area contributed by atoms with E-state index >= 15 is 0 Å². The molecule has 0 unspecified atom stereocenters. The number of hydrogen-bond donors (Lipinski definition) is 4. The molecule has 0 bridgehead atoms. The summed E-state index contributed by atoms with van der Waals surface area (Å²) in [7, 11) is -15.2. The highest BCUT2D eigenvalue weighted by Gasteiger charge is 2.28. The third-order valence-corrected chi connectivity index (χ3v) is 4.74. The first-order chi connectivity index (χ1) is 8.24. The predicted octanol–water partition coefficient (Wildman–Crippen LogP) is -0.991. The van der Waals surface area contributed by atoms with Crippen molar-refractivity contribution in [3.63, 3.8) is 0 Å². The minimum absolute atomic E-state index is 0.114. The molecule has 0 atom stereocenters. The fourth-order valence-electron chi connectivity index (χ4n) is 1.18. The molecule has 0 spiro atoms. The van der Waals surface area contributed by atoms with E-state index in [4.69, 9.17) is 19.4 Å². The molecule has 0 aliphatic carbocycles. The minimum Gasteiger partial charge on any atom is -0.398 e. The van der Waals surface area contributed by atoms with Crippen molar-refractivity contribution >= 4 is 36.0 Å². The van der Waals surface area contributed by atoms with Gasteiger partial charge in [-0.15, -0.1) is 0 Å². The molecule has 1 rings (SSSR count). The molecule has 0 radical (unpaired) electrons. The van der Waals surface area contributed by atoms with Crippen molar-refractivity contribution < 1.29 is 38.9 Å². The van der Waals surface area contributed by atoms with Crippen LogP contribution in [0.1, 0.15) is 0 Å². The molecule has 0 saturated heterocycles. The number of rotatable bonds is 3. The molecule has 0 aliphatic heterocycles. The van der Waals surface area contributed by atoms with Crippen molar-refractivity contribution in [2.24, 2.45) is 0 Å². The van der Waals surface area contributed by atoms with Gasteiger partial charge in [-0.2, -0.15) is 25.3 Å². The zero-order chi connectivity index (χ0) is 15.2. The molecule has 108 valence electrons. The standard InChI is InChI=1S/C6H7NO9S3/c7-3-1-5(18(11,12)13)6(19(14,15)16)2-4(3)17(8,9)10/h1-2H,7H2,(H,8,9,10)(H,11,12,13)(H,14,15,16). The third kappa shape index (κ3) is 3.40. The third-order valence-electron chi connectivity index (χ3n) is 1.91.